The molecule has 1 N–H and O–H groups in total. The van der Waals surface area contributed by atoms with Gasteiger partial charge in [0.05, 0.1) is 22.5 Å². The summed E-state index contributed by atoms with van der Waals surface area (Å²) in [4.78, 5) is 10.3. The van der Waals surface area contributed by atoms with Crippen molar-refractivity contribution in [2.75, 3.05) is 13.2 Å². The van der Waals surface area contributed by atoms with E-state index in [-0.39, 0.29) is 23.2 Å². The Morgan fingerprint density at radius 1 is 1.26 bits per heavy atom. The van der Waals surface area contributed by atoms with Crippen molar-refractivity contribution >= 4 is 31.6 Å². The Morgan fingerprint density at radius 2 is 1.91 bits per heavy atom. The molecular weight excluding hydrogens is 388 g/mol. The molecule has 0 aromatic heterocycles. The molecule has 9 heteroatoms. The average molecular weight is 407 g/mol. The normalized spacial score (nSPS) is 22.0. The average Bonchev–Trinajstić information content (AvgIpc) is 2.53. The molecule has 2 atom stereocenters. The second-order valence-corrected chi connectivity index (χ2v) is 8.30. The Kier molecular flexibility index (Phi) is 6.51. The number of hydrogen-bond donors (Lipinski definition) is 1. The summed E-state index contributed by atoms with van der Waals surface area (Å²) in [5.41, 5.74) is -0.145. The van der Waals surface area contributed by atoms with Gasteiger partial charge in [-0.25, -0.2) is 13.1 Å². The van der Waals surface area contributed by atoms with Crippen molar-refractivity contribution in [3.63, 3.8) is 0 Å². The van der Waals surface area contributed by atoms with E-state index in [9.17, 15) is 18.5 Å². The van der Waals surface area contributed by atoms with E-state index in [1.807, 2.05) is 0 Å². The highest BCUT2D eigenvalue weighted by Crippen LogP contribution is 2.26. The minimum atomic E-state index is -3.68. The molecule has 0 radical (unpaired) electrons. The van der Waals surface area contributed by atoms with Gasteiger partial charge in [0.1, 0.15) is 0 Å². The molecule has 1 saturated carbocycles. The largest absolute Gasteiger partial charge is 0.376 e. The number of alkyl halides is 1. The number of nitrogens with zero attached hydrogens (tertiary/aromatic N) is 1. The molecule has 23 heavy (non-hydrogen) atoms. The number of nitrogens with one attached hydrogen (secondary N) is 1. The van der Waals surface area contributed by atoms with Crippen molar-refractivity contribution in [2.24, 2.45) is 0 Å². The van der Waals surface area contributed by atoms with Crippen molar-refractivity contribution in [1.82, 2.24) is 4.72 Å². The predicted molar refractivity (Wildman–Crippen MR) is 89.2 cm³/mol. The molecule has 2 rings (SSSR count). The van der Waals surface area contributed by atoms with Gasteiger partial charge in [-0.3, -0.25) is 10.1 Å². The molecule has 0 unspecified atom stereocenters. The second-order valence-electron chi connectivity index (χ2n) is 5.36. The SMILES string of the molecule is O=[N+]([O-])c1ccc(S(=O)(=O)NCCO[C@H]2CCCC[C@@H]2Br)cc1. The number of non-ortho nitro benzene ring substituents is 1. The molecule has 0 spiro atoms. The van der Waals surface area contributed by atoms with Gasteiger partial charge in [-0.15, -0.1) is 0 Å². The van der Waals surface area contributed by atoms with Gasteiger partial charge in [0.25, 0.3) is 5.69 Å². The Hall–Kier alpha value is -1.03. The minimum absolute atomic E-state index is 0.000801. The first-order valence-corrected chi connectivity index (χ1v) is 9.80. The summed E-state index contributed by atoms with van der Waals surface area (Å²) >= 11 is 3.58. The van der Waals surface area contributed by atoms with E-state index >= 15 is 0 Å². The van der Waals surface area contributed by atoms with Gasteiger partial charge in [-0.1, -0.05) is 28.8 Å². The maximum atomic E-state index is 12.1. The van der Waals surface area contributed by atoms with Crippen LogP contribution in [-0.2, 0) is 14.8 Å². The van der Waals surface area contributed by atoms with E-state index in [4.69, 9.17) is 4.74 Å². The van der Waals surface area contributed by atoms with Crippen LogP contribution in [0, 0.1) is 10.1 Å². The van der Waals surface area contributed by atoms with Crippen molar-refractivity contribution in [3.05, 3.63) is 34.4 Å². The molecule has 0 aliphatic heterocycles. The minimum Gasteiger partial charge on any atom is -0.376 e. The fraction of sp³-hybridized carbons (Fsp3) is 0.571. The highest BCUT2D eigenvalue weighted by molar-refractivity contribution is 9.09. The number of hydrogen-bond acceptors (Lipinski definition) is 5. The monoisotopic (exact) mass is 406 g/mol. The zero-order valence-corrected chi connectivity index (χ0v) is 14.9. The summed E-state index contributed by atoms with van der Waals surface area (Å²) in [6, 6.07) is 4.78. The van der Waals surface area contributed by atoms with Gasteiger partial charge >= 0.3 is 0 Å². The van der Waals surface area contributed by atoms with Gasteiger partial charge < -0.3 is 4.74 Å². The summed E-state index contributed by atoms with van der Waals surface area (Å²) in [5.74, 6) is 0. The second kappa shape index (κ2) is 8.18. The first kappa shape index (κ1) is 18.3. The molecule has 1 fully saturated rings. The third kappa shape index (κ3) is 5.23. The van der Waals surface area contributed by atoms with E-state index in [0.717, 1.165) is 19.3 Å². The molecule has 128 valence electrons. The molecule has 0 heterocycles. The topological polar surface area (TPSA) is 98.5 Å². The fourth-order valence-electron chi connectivity index (χ4n) is 2.46. The standard InChI is InChI=1S/C14H19BrN2O5S/c15-13-3-1-2-4-14(13)22-10-9-16-23(20,21)12-7-5-11(6-8-12)17(18)19/h5-8,13-14,16H,1-4,9-10H2/t13-,14-/m0/s1. The van der Waals surface area contributed by atoms with E-state index in [0.29, 0.717) is 11.4 Å². The van der Waals surface area contributed by atoms with Crippen molar-refractivity contribution in [2.45, 2.75) is 41.5 Å². The third-order valence-electron chi connectivity index (χ3n) is 3.71. The summed E-state index contributed by atoms with van der Waals surface area (Å²) in [6.07, 6.45) is 4.47. The molecule has 1 aliphatic carbocycles. The van der Waals surface area contributed by atoms with Gasteiger partial charge in [0.2, 0.25) is 10.0 Å². The van der Waals surface area contributed by atoms with Crippen LogP contribution in [0.15, 0.2) is 29.2 Å². The molecule has 7 nitrogen and oxygen atoms in total. The van der Waals surface area contributed by atoms with Crippen LogP contribution >= 0.6 is 15.9 Å². The zero-order valence-electron chi connectivity index (χ0n) is 12.5. The van der Waals surface area contributed by atoms with Crippen molar-refractivity contribution < 1.29 is 18.1 Å². The summed E-state index contributed by atoms with van der Waals surface area (Å²) in [7, 11) is -3.68. The summed E-state index contributed by atoms with van der Waals surface area (Å²) in [5, 5.41) is 10.6. The molecule has 0 saturated heterocycles. The molecule has 0 amide bonds. The molecule has 1 aromatic carbocycles. The highest BCUT2D eigenvalue weighted by Gasteiger charge is 2.23. The lowest BCUT2D eigenvalue weighted by atomic mass is 9.98. The Bertz CT molecular complexity index is 635. The molecule has 0 bridgehead atoms. The lowest BCUT2D eigenvalue weighted by Gasteiger charge is -2.27. The smallest absolute Gasteiger partial charge is 0.269 e. The Labute approximate surface area is 143 Å². The number of ether oxygens (including phenoxy) is 1. The number of sulfonamides is 1. The van der Waals surface area contributed by atoms with Crippen LogP contribution < -0.4 is 4.72 Å². The van der Waals surface area contributed by atoms with Crippen LogP contribution in [0.25, 0.3) is 0 Å². The van der Waals surface area contributed by atoms with Crippen LogP contribution in [0.5, 0.6) is 0 Å². The van der Waals surface area contributed by atoms with Gasteiger partial charge in [-0.05, 0) is 25.0 Å². The van der Waals surface area contributed by atoms with Gasteiger partial charge in [0.15, 0.2) is 0 Å². The quantitative estimate of drug-likeness (QED) is 0.324. The van der Waals surface area contributed by atoms with Crippen LogP contribution in [-0.4, -0.2) is 37.4 Å². The lowest BCUT2D eigenvalue weighted by Crippen LogP contribution is -2.33. The van der Waals surface area contributed by atoms with E-state index in [2.05, 4.69) is 20.7 Å². The fourth-order valence-corrected chi connectivity index (χ4v) is 4.21. The van der Waals surface area contributed by atoms with Crippen molar-refractivity contribution in [1.29, 1.82) is 0 Å². The van der Waals surface area contributed by atoms with E-state index in [1.165, 1.54) is 30.7 Å². The van der Waals surface area contributed by atoms with Crippen LogP contribution in [0.2, 0.25) is 0 Å². The molecule has 1 aliphatic rings. The summed E-state index contributed by atoms with van der Waals surface area (Å²) in [6.45, 7) is 0.453. The molecular formula is C14H19BrN2O5S. The zero-order chi connectivity index (χ0) is 16.9. The number of nitro groups is 1. The maximum absolute atomic E-state index is 12.1. The highest BCUT2D eigenvalue weighted by atomic mass is 79.9. The number of nitro benzene ring substituents is 1. The van der Waals surface area contributed by atoms with Gasteiger partial charge in [-0.2, -0.15) is 0 Å². The van der Waals surface area contributed by atoms with Crippen LogP contribution in [0.1, 0.15) is 25.7 Å². The first-order valence-electron chi connectivity index (χ1n) is 7.40. The van der Waals surface area contributed by atoms with Gasteiger partial charge in [0, 0.05) is 23.5 Å². The molecule has 1 aromatic rings. The number of halogens is 1. The van der Waals surface area contributed by atoms with Crippen molar-refractivity contribution in [3.8, 4) is 0 Å². The van der Waals surface area contributed by atoms with E-state index in [1.54, 1.807) is 0 Å². The number of benzene rings is 1. The number of rotatable bonds is 7. The lowest BCUT2D eigenvalue weighted by molar-refractivity contribution is -0.384. The first-order chi connectivity index (χ1) is 10.9. The summed E-state index contributed by atoms with van der Waals surface area (Å²) < 4.78 is 32.3. The Morgan fingerprint density at radius 3 is 2.52 bits per heavy atom. The van der Waals surface area contributed by atoms with Crippen LogP contribution in [0.3, 0.4) is 0 Å². The van der Waals surface area contributed by atoms with E-state index < -0.39 is 14.9 Å². The van der Waals surface area contributed by atoms with Crippen LogP contribution in [0.4, 0.5) is 5.69 Å². The third-order valence-corrected chi connectivity index (χ3v) is 6.23. The Balaban J connectivity index is 1.82. The predicted octanol–water partition coefficient (Wildman–Crippen LogP) is 2.60. The maximum Gasteiger partial charge on any atom is 0.269 e.